The number of aromatic carboxylic acids is 1. The van der Waals surface area contributed by atoms with Crippen LogP contribution in [-0.4, -0.2) is 28.2 Å². The Morgan fingerprint density at radius 3 is 2.80 bits per heavy atom. The van der Waals surface area contributed by atoms with Crippen molar-refractivity contribution < 1.29 is 19.0 Å². The lowest BCUT2D eigenvalue weighted by atomic mass is 10.2. The molecular weight excluding hydrogens is 265 g/mol. The van der Waals surface area contributed by atoms with Crippen LogP contribution in [0.5, 0.6) is 5.75 Å². The third-order valence-electron chi connectivity index (χ3n) is 2.62. The van der Waals surface area contributed by atoms with Gasteiger partial charge in [0.2, 0.25) is 5.95 Å². The predicted octanol–water partition coefficient (Wildman–Crippen LogP) is 2.37. The van der Waals surface area contributed by atoms with Gasteiger partial charge in [-0.25, -0.2) is 19.2 Å². The van der Waals surface area contributed by atoms with Gasteiger partial charge in [-0.05, 0) is 19.1 Å². The first-order valence-corrected chi connectivity index (χ1v) is 5.68. The number of hydrogen-bond acceptors (Lipinski definition) is 5. The maximum Gasteiger partial charge on any atom is 0.339 e. The Balaban J connectivity index is 2.31. The summed E-state index contributed by atoms with van der Waals surface area (Å²) < 4.78 is 18.1. The molecule has 0 aliphatic rings. The number of anilines is 2. The van der Waals surface area contributed by atoms with Gasteiger partial charge in [-0.2, -0.15) is 0 Å². The second-order valence-corrected chi connectivity index (χ2v) is 3.97. The van der Waals surface area contributed by atoms with E-state index in [4.69, 9.17) is 9.84 Å². The van der Waals surface area contributed by atoms with E-state index in [1.165, 1.54) is 31.5 Å². The highest BCUT2D eigenvalue weighted by atomic mass is 19.1. The van der Waals surface area contributed by atoms with E-state index in [1.54, 1.807) is 6.92 Å². The Hall–Kier alpha value is -2.70. The number of benzene rings is 1. The van der Waals surface area contributed by atoms with E-state index in [9.17, 15) is 9.18 Å². The number of nitrogens with zero attached hydrogens (tertiary/aromatic N) is 2. The molecule has 0 aliphatic heterocycles. The minimum absolute atomic E-state index is 0.0293. The van der Waals surface area contributed by atoms with E-state index in [-0.39, 0.29) is 11.5 Å². The number of aryl methyl sites for hydroxylation is 1. The topological polar surface area (TPSA) is 84.3 Å². The first kappa shape index (κ1) is 13.7. The van der Waals surface area contributed by atoms with Crippen LogP contribution in [0.1, 0.15) is 16.1 Å². The van der Waals surface area contributed by atoms with E-state index >= 15 is 0 Å². The lowest BCUT2D eigenvalue weighted by Gasteiger charge is -2.10. The third-order valence-corrected chi connectivity index (χ3v) is 2.62. The molecule has 104 valence electrons. The summed E-state index contributed by atoms with van der Waals surface area (Å²) in [6, 6.07) is 3.97. The number of carbonyl (C=O) groups is 1. The number of halogens is 1. The number of ether oxygens (including phenoxy) is 1. The van der Waals surface area contributed by atoms with Gasteiger partial charge in [-0.3, -0.25) is 0 Å². The summed E-state index contributed by atoms with van der Waals surface area (Å²) in [5.41, 5.74) is 0.842. The van der Waals surface area contributed by atoms with Crippen LogP contribution in [0.25, 0.3) is 0 Å². The summed E-state index contributed by atoms with van der Waals surface area (Å²) in [5.74, 6) is -1.01. The molecule has 6 nitrogen and oxygen atoms in total. The van der Waals surface area contributed by atoms with E-state index in [1.807, 2.05) is 0 Å². The van der Waals surface area contributed by atoms with Crippen molar-refractivity contribution in [1.29, 1.82) is 0 Å². The van der Waals surface area contributed by atoms with Gasteiger partial charge < -0.3 is 15.2 Å². The van der Waals surface area contributed by atoms with Crippen LogP contribution in [0, 0.1) is 12.7 Å². The molecule has 0 saturated heterocycles. The Morgan fingerprint density at radius 2 is 2.20 bits per heavy atom. The van der Waals surface area contributed by atoms with Crippen LogP contribution in [-0.2, 0) is 0 Å². The van der Waals surface area contributed by atoms with Crippen LogP contribution in [0.3, 0.4) is 0 Å². The SMILES string of the molecule is COc1cc(F)ccc1Nc1ncc(C(=O)O)c(C)n1. The van der Waals surface area contributed by atoms with Gasteiger partial charge in [0.15, 0.2) is 0 Å². The molecule has 0 radical (unpaired) electrons. The summed E-state index contributed by atoms with van der Waals surface area (Å²) in [5, 5.41) is 11.7. The molecule has 2 rings (SSSR count). The van der Waals surface area contributed by atoms with Crippen molar-refractivity contribution in [1.82, 2.24) is 9.97 Å². The number of nitrogens with one attached hydrogen (secondary N) is 1. The average molecular weight is 277 g/mol. The molecule has 0 unspecified atom stereocenters. The van der Waals surface area contributed by atoms with Crippen LogP contribution in [0.15, 0.2) is 24.4 Å². The number of methoxy groups -OCH3 is 1. The standard InChI is InChI=1S/C13H12FN3O3/c1-7-9(12(18)19)6-15-13(16-7)17-10-4-3-8(14)5-11(10)20-2/h3-6H,1-2H3,(H,18,19)(H,15,16,17). The third kappa shape index (κ3) is 2.82. The molecule has 0 aliphatic carbocycles. The van der Waals surface area contributed by atoms with Crippen molar-refractivity contribution in [2.75, 3.05) is 12.4 Å². The van der Waals surface area contributed by atoms with Crippen LogP contribution in [0.2, 0.25) is 0 Å². The maximum atomic E-state index is 13.1. The van der Waals surface area contributed by atoms with E-state index in [2.05, 4.69) is 15.3 Å². The molecule has 0 spiro atoms. The fraction of sp³-hybridized carbons (Fsp3) is 0.154. The summed E-state index contributed by atoms with van der Waals surface area (Å²) in [4.78, 5) is 18.8. The molecule has 0 saturated carbocycles. The van der Waals surface area contributed by atoms with Crippen LogP contribution >= 0.6 is 0 Å². The molecule has 0 atom stereocenters. The highest BCUT2D eigenvalue weighted by Crippen LogP contribution is 2.27. The van der Waals surface area contributed by atoms with Crippen molar-refractivity contribution in [2.24, 2.45) is 0 Å². The van der Waals surface area contributed by atoms with Crippen molar-refractivity contribution >= 4 is 17.6 Å². The molecule has 1 heterocycles. The quantitative estimate of drug-likeness (QED) is 0.892. The molecule has 0 bridgehead atoms. The van der Waals surface area contributed by atoms with Gasteiger partial charge in [0.1, 0.15) is 11.6 Å². The number of carboxylic acids is 1. The predicted molar refractivity (Wildman–Crippen MR) is 70.0 cm³/mol. The minimum Gasteiger partial charge on any atom is -0.494 e. The summed E-state index contributed by atoms with van der Waals surface area (Å²) in [7, 11) is 1.42. The monoisotopic (exact) mass is 277 g/mol. The molecule has 20 heavy (non-hydrogen) atoms. The fourth-order valence-electron chi connectivity index (χ4n) is 1.63. The van der Waals surface area contributed by atoms with Gasteiger partial charge in [0.25, 0.3) is 0 Å². The molecule has 7 heteroatoms. The lowest BCUT2D eigenvalue weighted by Crippen LogP contribution is -2.06. The Labute approximate surface area is 114 Å². The summed E-state index contributed by atoms with van der Waals surface area (Å²) in [6.45, 7) is 1.57. The highest BCUT2D eigenvalue weighted by Gasteiger charge is 2.11. The molecule has 1 aromatic heterocycles. The van der Waals surface area contributed by atoms with Crippen molar-refractivity contribution in [3.8, 4) is 5.75 Å². The maximum absolute atomic E-state index is 13.1. The summed E-state index contributed by atoms with van der Waals surface area (Å²) in [6.07, 6.45) is 1.21. The Morgan fingerprint density at radius 1 is 1.45 bits per heavy atom. The summed E-state index contributed by atoms with van der Waals surface area (Å²) >= 11 is 0. The lowest BCUT2D eigenvalue weighted by molar-refractivity contribution is 0.0695. The first-order valence-electron chi connectivity index (χ1n) is 5.68. The largest absolute Gasteiger partial charge is 0.494 e. The molecule has 0 amide bonds. The second-order valence-electron chi connectivity index (χ2n) is 3.97. The van der Waals surface area contributed by atoms with E-state index < -0.39 is 11.8 Å². The smallest absolute Gasteiger partial charge is 0.339 e. The number of aromatic nitrogens is 2. The second kappa shape index (κ2) is 5.52. The van der Waals surface area contributed by atoms with Gasteiger partial charge in [0.05, 0.1) is 24.1 Å². The Kier molecular flexibility index (Phi) is 3.79. The van der Waals surface area contributed by atoms with Crippen LogP contribution in [0.4, 0.5) is 16.0 Å². The normalized spacial score (nSPS) is 10.2. The fourth-order valence-corrected chi connectivity index (χ4v) is 1.63. The van der Waals surface area contributed by atoms with Crippen molar-refractivity contribution in [3.05, 3.63) is 41.5 Å². The zero-order valence-corrected chi connectivity index (χ0v) is 10.8. The minimum atomic E-state index is -1.09. The van der Waals surface area contributed by atoms with Crippen molar-refractivity contribution in [3.63, 3.8) is 0 Å². The molecule has 2 N–H and O–H groups in total. The average Bonchev–Trinajstić information content (AvgIpc) is 2.40. The number of carboxylic acid groups (broad SMARTS) is 1. The van der Waals surface area contributed by atoms with Gasteiger partial charge in [0, 0.05) is 12.3 Å². The number of rotatable bonds is 4. The van der Waals surface area contributed by atoms with Gasteiger partial charge in [-0.15, -0.1) is 0 Å². The molecule has 0 fully saturated rings. The first-order chi connectivity index (χ1) is 9.51. The molecule has 1 aromatic carbocycles. The molecular formula is C13H12FN3O3. The number of hydrogen-bond donors (Lipinski definition) is 2. The zero-order valence-electron chi connectivity index (χ0n) is 10.8. The van der Waals surface area contributed by atoms with Gasteiger partial charge in [-0.1, -0.05) is 0 Å². The van der Waals surface area contributed by atoms with E-state index in [0.29, 0.717) is 17.1 Å². The van der Waals surface area contributed by atoms with Gasteiger partial charge >= 0.3 is 5.97 Å². The zero-order chi connectivity index (χ0) is 14.7. The van der Waals surface area contributed by atoms with E-state index in [0.717, 1.165) is 0 Å². The van der Waals surface area contributed by atoms with Crippen LogP contribution < -0.4 is 10.1 Å². The molecule has 2 aromatic rings. The van der Waals surface area contributed by atoms with Crippen molar-refractivity contribution in [2.45, 2.75) is 6.92 Å². The highest BCUT2D eigenvalue weighted by molar-refractivity contribution is 5.88. The Bertz CT molecular complexity index is 661.